The minimum absolute atomic E-state index is 0.168. The first kappa shape index (κ1) is 14.8. The third-order valence-corrected chi connectivity index (χ3v) is 5.01. The highest BCUT2D eigenvalue weighted by atomic mass is 19.1. The lowest BCUT2D eigenvalue weighted by atomic mass is 9.80. The second-order valence-electron chi connectivity index (χ2n) is 6.93. The monoisotopic (exact) mass is 291 g/mol. The minimum atomic E-state index is -0.226. The zero-order valence-corrected chi connectivity index (χ0v) is 13.1. The van der Waals surface area contributed by atoms with E-state index in [1.165, 1.54) is 19.3 Å². The Bertz CT molecular complexity index is 486. The largest absolute Gasteiger partial charge is 0.487 e. The highest BCUT2D eigenvalue weighted by molar-refractivity contribution is 5.29. The Morgan fingerprint density at radius 1 is 1.14 bits per heavy atom. The van der Waals surface area contributed by atoms with Crippen molar-refractivity contribution in [1.82, 2.24) is 5.32 Å². The number of hydrogen-bond acceptors (Lipinski definition) is 2. The molecule has 0 aliphatic heterocycles. The Hall–Kier alpha value is -1.09. The van der Waals surface area contributed by atoms with Crippen molar-refractivity contribution < 1.29 is 9.13 Å². The summed E-state index contributed by atoms with van der Waals surface area (Å²) in [6.07, 6.45) is 5.92. The van der Waals surface area contributed by atoms with Crippen molar-refractivity contribution in [3.8, 4) is 5.75 Å². The van der Waals surface area contributed by atoms with Gasteiger partial charge < -0.3 is 10.1 Å². The number of benzene rings is 1. The normalized spacial score (nSPS) is 29.4. The van der Waals surface area contributed by atoms with Gasteiger partial charge in [0.05, 0.1) is 6.10 Å². The second-order valence-corrected chi connectivity index (χ2v) is 6.93. The SMILES string of the molecule is CC1CCC(Oc2ccc(CNC3CC3)cc2F)CC1C. The summed E-state index contributed by atoms with van der Waals surface area (Å²) < 4.78 is 20.1. The topological polar surface area (TPSA) is 21.3 Å². The van der Waals surface area contributed by atoms with Crippen molar-refractivity contribution in [1.29, 1.82) is 0 Å². The molecule has 0 saturated heterocycles. The van der Waals surface area contributed by atoms with Crippen LogP contribution in [0.25, 0.3) is 0 Å². The molecule has 1 aromatic rings. The zero-order valence-electron chi connectivity index (χ0n) is 13.1. The third kappa shape index (κ3) is 3.97. The molecule has 0 aromatic heterocycles. The van der Waals surface area contributed by atoms with Crippen molar-refractivity contribution in [2.45, 2.75) is 64.6 Å². The van der Waals surface area contributed by atoms with Crippen LogP contribution in [0.1, 0.15) is 51.5 Å². The molecule has 0 bridgehead atoms. The van der Waals surface area contributed by atoms with E-state index in [0.717, 1.165) is 30.9 Å². The fourth-order valence-corrected chi connectivity index (χ4v) is 3.08. The maximum Gasteiger partial charge on any atom is 0.165 e. The van der Waals surface area contributed by atoms with Crippen LogP contribution in [-0.4, -0.2) is 12.1 Å². The molecule has 1 N–H and O–H groups in total. The van der Waals surface area contributed by atoms with Crippen molar-refractivity contribution in [2.24, 2.45) is 11.8 Å². The van der Waals surface area contributed by atoms with Crippen LogP contribution in [0.15, 0.2) is 18.2 Å². The lowest BCUT2D eigenvalue weighted by Gasteiger charge is -2.32. The van der Waals surface area contributed by atoms with Crippen molar-refractivity contribution in [3.05, 3.63) is 29.6 Å². The van der Waals surface area contributed by atoms with Gasteiger partial charge in [0.1, 0.15) is 0 Å². The van der Waals surface area contributed by atoms with Gasteiger partial charge in [-0.3, -0.25) is 0 Å². The number of halogens is 1. The Labute approximate surface area is 127 Å². The van der Waals surface area contributed by atoms with Gasteiger partial charge in [0.15, 0.2) is 11.6 Å². The molecule has 2 nitrogen and oxygen atoms in total. The van der Waals surface area contributed by atoms with Gasteiger partial charge in [0.2, 0.25) is 0 Å². The van der Waals surface area contributed by atoms with Crippen LogP contribution in [0, 0.1) is 17.7 Å². The molecule has 0 heterocycles. The van der Waals surface area contributed by atoms with Gasteiger partial charge in [-0.15, -0.1) is 0 Å². The van der Waals surface area contributed by atoms with Crippen molar-refractivity contribution >= 4 is 0 Å². The molecule has 3 rings (SSSR count). The summed E-state index contributed by atoms with van der Waals surface area (Å²) in [5.74, 6) is 1.60. The van der Waals surface area contributed by atoms with Gasteiger partial charge in [-0.05, 0) is 61.6 Å². The van der Waals surface area contributed by atoms with Crippen LogP contribution in [0.3, 0.4) is 0 Å². The summed E-state index contributed by atoms with van der Waals surface area (Å²) >= 11 is 0. The Kier molecular flexibility index (Phi) is 4.48. The second kappa shape index (κ2) is 6.35. The summed E-state index contributed by atoms with van der Waals surface area (Å²) in [5.41, 5.74) is 0.998. The van der Waals surface area contributed by atoms with Gasteiger partial charge >= 0.3 is 0 Å². The van der Waals surface area contributed by atoms with Gasteiger partial charge in [0.25, 0.3) is 0 Å². The molecule has 2 saturated carbocycles. The molecule has 0 amide bonds. The fraction of sp³-hybridized carbons (Fsp3) is 0.667. The lowest BCUT2D eigenvalue weighted by Crippen LogP contribution is -2.29. The predicted octanol–water partition coefficient (Wildman–Crippen LogP) is 4.28. The molecule has 2 fully saturated rings. The molecule has 3 unspecified atom stereocenters. The number of hydrogen-bond donors (Lipinski definition) is 1. The summed E-state index contributed by atoms with van der Waals surface area (Å²) in [6.45, 7) is 5.31. The molecule has 2 aliphatic rings. The lowest BCUT2D eigenvalue weighted by molar-refractivity contribution is 0.0968. The average molecular weight is 291 g/mol. The highest BCUT2D eigenvalue weighted by Crippen LogP contribution is 2.32. The maximum absolute atomic E-state index is 14.2. The summed E-state index contributed by atoms with van der Waals surface area (Å²) in [5, 5.41) is 3.40. The first-order chi connectivity index (χ1) is 10.1. The molecule has 3 heteroatoms. The third-order valence-electron chi connectivity index (χ3n) is 5.01. The summed E-state index contributed by atoms with van der Waals surface area (Å²) in [7, 11) is 0. The van der Waals surface area contributed by atoms with E-state index < -0.39 is 0 Å². The molecule has 0 radical (unpaired) electrons. The predicted molar refractivity (Wildman–Crippen MR) is 82.9 cm³/mol. The molecule has 116 valence electrons. The molecule has 3 atom stereocenters. The quantitative estimate of drug-likeness (QED) is 0.874. The summed E-state index contributed by atoms with van der Waals surface area (Å²) in [4.78, 5) is 0. The Morgan fingerprint density at radius 2 is 1.95 bits per heavy atom. The molecule has 21 heavy (non-hydrogen) atoms. The van der Waals surface area contributed by atoms with Crippen LogP contribution < -0.4 is 10.1 Å². The van der Waals surface area contributed by atoms with E-state index in [2.05, 4.69) is 19.2 Å². The van der Waals surface area contributed by atoms with Crippen molar-refractivity contribution in [3.63, 3.8) is 0 Å². The van der Waals surface area contributed by atoms with E-state index in [1.807, 2.05) is 6.07 Å². The van der Waals surface area contributed by atoms with Crippen LogP contribution >= 0.6 is 0 Å². The Morgan fingerprint density at radius 3 is 2.62 bits per heavy atom. The fourth-order valence-electron chi connectivity index (χ4n) is 3.08. The molecule has 1 aromatic carbocycles. The van der Waals surface area contributed by atoms with Gasteiger partial charge in [0, 0.05) is 12.6 Å². The van der Waals surface area contributed by atoms with Crippen LogP contribution in [0.4, 0.5) is 4.39 Å². The van der Waals surface area contributed by atoms with E-state index in [9.17, 15) is 4.39 Å². The maximum atomic E-state index is 14.2. The van der Waals surface area contributed by atoms with Crippen molar-refractivity contribution in [2.75, 3.05) is 0 Å². The van der Waals surface area contributed by atoms with Gasteiger partial charge in [-0.25, -0.2) is 4.39 Å². The molecular weight excluding hydrogens is 265 g/mol. The smallest absolute Gasteiger partial charge is 0.165 e. The van der Waals surface area contributed by atoms with Gasteiger partial charge in [-0.1, -0.05) is 19.9 Å². The zero-order chi connectivity index (χ0) is 14.8. The number of rotatable bonds is 5. The van der Waals surface area contributed by atoms with E-state index in [1.54, 1.807) is 12.1 Å². The van der Waals surface area contributed by atoms with E-state index >= 15 is 0 Å². The molecule has 2 aliphatic carbocycles. The van der Waals surface area contributed by atoms with Gasteiger partial charge in [-0.2, -0.15) is 0 Å². The van der Waals surface area contributed by atoms with Crippen LogP contribution in [-0.2, 0) is 6.54 Å². The van der Waals surface area contributed by atoms with Crippen LogP contribution in [0.5, 0.6) is 5.75 Å². The summed E-state index contributed by atoms with van der Waals surface area (Å²) in [6, 6.07) is 6.03. The average Bonchev–Trinajstić information content (AvgIpc) is 3.27. The molecule has 0 spiro atoms. The molecular formula is C18H26FNO. The standard InChI is InChI=1S/C18H26FNO/c1-12-3-7-16(9-13(12)2)21-18-8-4-14(10-17(18)19)11-20-15-5-6-15/h4,8,10,12-13,15-16,20H,3,5-7,9,11H2,1-2H3. The first-order valence-corrected chi connectivity index (χ1v) is 8.30. The van der Waals surface area contributed by atoms with E-state index in [-0.39, 0.29) is 11.9 Å². The highest BCUT2D eigenvalue weighted by Gasteiger charge is 2.26. The Balaban J connectivity index is 1.57. The first-order valence-electron chi connectivity index (χ1n) is 8.30. The minimum Gasteiger partial charge on any atom is -0.487 e. The number of nitrogens with one attached hydrogen (secondary N) is 1. The number of ether oxygens (including phenoxy) is 1. The van der Waals surface area contributed by atoms with Crippen LogP contribution in [0.2, 0.25) is 0 Å². The van der Waals surface area contributed by atoms with E-state index in [0.29, 0.717) is 17.7 Å². The van der Waals surface area contributed by atoms with E-state index in [4.69, 9.17) is 4.74 Å².